The summed E-state index contributed by atoms with van der Waals surface area (Å²) in [7, 11) is 0. The van der Waals surface area contributed by atoms with Gasteiger partial charge < -0.3 is 4.98 Å². The maximum absolute atomic E-state index is 13.2. The first-order valence-electron chi connectivity index (χ1n) is 10.0. The number of hydrogen-bond donors (Lipinski definition) is 1. The summed E-state index contributed by atoms with van der Waals surface area (Å²) in [5.41, 5.74) is 2.33. The zero-order valence-corrected chi connectivity index (χ0v) is 17.1. The number of nitrogens with zero attached hydrogens (tertiary/aromatic N) is 5. The number of benzene rings is 1. The van der Waals surface area contributed by atoms with Crippen molar-refractivity contribution in [2.75, 3.05) is 13.1 Å². The Kier molecular flexibility index (Phi) is 4.79. The minimum atomic E-state index is -0.271. The lowest BCUT2D eigenvalue weighted by atomic mass is 9.99. The predicted molar refractivity (Wildman–Crippen MR) is 109 cm³/mol. The Labute approximate surface area is 164 Å². The van der Waals surface area contributed by atoms with Crippen molar-refractivity contribution in [1.82, 2.24) is 30.1 Å². The molecule has 1 aromatic carbocycles. The molecule has 28 heavy (non-hydrogen) atoms. The van der Waals surface area contributed by atoms with Gasteiger partial charge in [-0.15, -0.1) is 5.10 Å². The zero-order chi connectivity index (χ0) is 19.9. The molecule has 1 fully saturated rings. The topological polar surface area (TPSA) is 79.7 Å². The first-order valence-corrected chi connectivity index (χ1v) is 10.0. The summed E-state index contributed by atoms with van der Waals surface area (Å²) >= 11 is 0. The van der Waals surface area contributed by atoms with Crippen LogP contribution in [0.15, 0.2) is 29.1 Å². The van der Waals surface area contributed by atoms with E-state index in [2.05, 4.69) is 46.2 Å². The number of H-pyrrole nitrogens is 1. The van der Waals surface area contributed by atoms with E-state index < -0.39 is 0 Å². The summed E-state index contributed by atoms with van der Waals surface area (Å²) in [6.45, 7) is 10.1. The van der Waals surface area contributed by atoms with E-state index in [1.165, 1.54) is 6.42 Å². The molecule has 7 heteroatoms. The fourth-order valence-corrected chi connectivity index (χ4v) is 4.12. The molecule has 0 aliphatic carbocycles. The van der Waals surface area contributed by atoms with Gasteiger partial charge in [0.1, 0.15) is 6.04 Å². The van der Waals surface area contributed by atoms with Crippen molar-refractivity contribution in [1.29, 1.82) is 0 Å². The van der Waals surface area contributed by atoms with Crippen LogP contribution < -0.4 is 5.56 Å². The smallest absolute Gasteiger partial charge is 0.253 e. The molecule has 1 aliphatic rings. The van der Waals surface area contributed by atoms with E-state index >= 15 is 0 Å². The molecule has 0 amide bonds. The van der Waals surface area contributed by atoms with E-state index in [1.807, 2.05) is 35.9 Å². The Morgan fingerprint density at radius 2 is 1.89 bits per heavy atom. The summed E-state index contributed by atoms with van der Waals surface area (Å²) in [6.07, 6.45) is 3.47. The average molecular weight is 380 g/mol. The molecule has 1 aliphatic heterocycles. The van der Waals surface area contributed by atoms with Crippen molar-refractivity contribution in [3.8, 4) is 0 Å². The highest BCUT2D eigenvalue weighted by molar-refractivity contribution is 5.82. The average Bonchev–Trinajstić information content (AvgIpc) is 3.14. The zero-order valence-electron chi connectivity index (χ0n) is 17.1. The van der Waals surface area contributed by atoms with Crippen LogP contribution in [0, 0.1) is 6.92 Å². The van der Waals surface area contributed by atoms with Crippen LogP contribution in [0.5, 0.6) is 0 Å². The minimum absolute atomic E-state index is 0.0687. The molecule has 0 saturated carbocycles. The van der Waals surface area contributed by atoms with E-state index in [0.29, 0.717) is 5.56 Å². The van der Waals surface area contributed by atoms with Gasteiger partial charge in [-0.1, -0.05) is 24.6 Å². The fraction of sp³-hybridized carbons (Fsp3) is 0.524. The number of likely N-dealkylation sites (tertiary alicyclic amines) is 1. The number of piperidine rings is 1. The van der Waals surface area contributed by atoms with Crippen LogP contribution in [0.25, 0.3) is 10.9 Å². The molecule has 4 rings (SSSR count). The molecule has 148 valence electrons. The Hall–Kier alpha value is -2.54. The number of fused-ring (bicyclic) bond motifs is 1. The number of aromatic nitrogens is 5. The molecule has 1 atom stereocenters. The monoisotopic (exact) mass is 380 g/mol. The first-order chi connectivity index (χ1) is 13.4. The van der Waals surface area contributed by atoms with Gasteiger partial charge in [0.05, 0.1) is 11.1 Å². The quantitative estimate of drug-likeness (QED) is 0.755. The molecule has 0 bridgehead atoms. The van der Waals surface area contributed by atoms with Gasteiger partial charge in [-0.05, 0) is 81.1 Å². The normalized spacial score (nSPS) is 17.1. The molecule has 3 aromatic rings. The highest BCUT2D eigenvalue weighted by atomic mass is 16.1. The predicted octanol–water partition coefficient (Wildman–Crippen LogP) is 3.15. The maximum atomic E-state index is 13.2. The van der Waals surface area contributed by atoms with Crippen LogP contribution in [0.2, 0.25) is 0 Å². The lowest BCUT2D eigenvalue weighted by Crippen LogP contribution is -2.40. The van der Waals surface area contributed by atoms with E-state index in [-0.39, 0.29) is 17.1 Å². The summed E-state index contributed by atoms with van der Waals surface area (Å²) in [5, 5.41) is 13.6. The number of nitrogens with one attached hydrogen (secondary N) is 1. The largest absolute Gasteiger partial charge is 0.321 e. The number of aryl methyl sites for hydroxylation is 1. The Morgan fingerprint density at radius 3 is 2.61 bits per heavy atom. The molecule has 1 N–H and O–H groups in total. The molecular formula is C21H28N6O. The lowest BCUT2D eigenvalue weighted by Gasteiger charge is -2.35. The van der Waals surface area contributed by atoms with E-state index in [0.717, 1.165) is 48.2 Å². The van der Waals surface area contributed by atoms with Crippen molar-refractivity contribution in [2.45, 2.75) is 58.5 Å². The Balaban J connectivity index is 1.92. The van der Waals surface area contributed by atoms with Gasteiger partial charge in [0, 0.05) is 5.56 Å². The van der Waals surface area contributed by atoms with Crippen molar-refractivity contribution in [3.05, 3.63) is 51.6 Å². The Morgan fingerprint density at radius 1 is 1.14 bits per heavy atom. The van der Waals surface area contributed by atoms with Crippen molar-refractivity contribution < 1.29 is 0 Å². The summed E-state index contributed by atoms with van der Waals surface area (Å²) in [4.78, 5) is 18.6. The third-order valence-corrected chi connectivity index (χ3v) is 5.54. The second kappa shape index (κ2) is 7.13. The van der Waals surface area contributed by atoms with Crippen molar-refractivity contribution >= 4 is 10.9 Å². The van der Waals surface area contributed by atoms with E-state index in [9.17, 15) is 4.79 Å². The van der Waals surface area contributed by atoms with Crippen LogP contribution in [0.3, 0.4) is 0 Å². The molecule has 7 nitrogen and oxygen atoms in total. The van der Waals surface area contributed by atoms with Crippen LogP contribution in [-0.4, -0.2) is 43.2 Å². The highest BCUT2D eigenvalue weighted by Gasteiger charge is 2.33. The van der Waals surface area contributed by atoms with Gasteiger partial charge in [-0.25, -0.2) is 4.68 Å². The minimum Gasteiger partial charge on any atom is -0.321 e. The maximum Gasteiger partial charge on any atom is 0.253 e. The Bertz CT molecular complexity index is 1040. The van der Waals surface area contributed by atoms with Crippen molar-refractivity contribution in [2.24, 2.45) is 0 Å². The van der Waals surface area contributed by atoms with Gasteiger partial charge in [0.2, 0.25) is 0 Å². The van der Waals surface area contributed by atoms with E-state index in [1.54, 1.807) is 0 Å². The number of rotatable bonds is 3. The third kappa shape index (κ3) is 3.35. The first kappa shape index (κ1) is 18.8. The SMILES string of the molecule is Cc1cccc2cc([C@@H](c3nnnn3C(C)(C)C)N3CCCCC3)c(=O)[nH]c12. The van der Waals surface area contributed by atoms with Gasteiger partial charge in [-0.2, -0.15) is 0 Å². The van der Waals surface area contributed by atoms with Gasteiger partial charge in [0.25, 0.3) is 5.56 Å². The van der Waals surface area contributed by atoms with Gasteiger partial charge in [-0.3, -0.25) is 9.69 Å². The molecule has 0 spiro atoms. The molecular weight excluding hydrogens is 352 g/mol. The fourth-order valence-electron chi connectivity index (χ4n) is 4.12. The molecule has 3 heterocycles. The molecule has 1 saturated heterocycles. The number of tetrazole rings is 1. The van der Waals surface area contributed by atoms with Gasteiger partial charge in [0.15, 0.2) is 5.82 Å². The number of pyridine rings is 1. The van der Waals surface area contributed by atoms with Crippen LogP contribution in [-0.2, 0) is 5.54 Å². The van der Waals surface area contributed by atoms with Crippen LogP contribution in [0.1, 0.15) is 63.0 Å². The standard InChI is InChI=1S/C21H28N6O/c1-14-9-8-10-15-13-16(20(28)22-17(14)15)18(26-11-6-5-7-12-26)19-23-24-25-27(19)21(2,3)4/h8-10,13,18H,5-7,11-12H2,1-4H3,(H,22,28)/t18-/m0/s1. The number of para-hydroxylation sites is 1. The molecule has 0 radical (unpaired) electrons. The third-order valence-electron chi connectivity index (χ3n) is 5.54. The second-order valence-corrected chi connectivity index (χ2v) is 8.71. The highest BCUT2D eigenvalue weighted by Crippen LogP contribution is 2.31. The second-order valence-electron chi connectivity index (χ2n) is 8.71. The molecule has 2 aromatic heterocycles. The summed E-state index contributed by atoms with van der Waals surface area (Å²) in [5.74, 6) is 0.729. The lowest BCUT2D eigenvalue weighted by molar-refractivity contribution is 0.170. The number of hydrogen-bond acceptors (Lipinski definition) is 5. The summed E-state index contributed by atoms with van der Waals surface area (Å²) < 4.78 is 1.85. The molecule has 0 unspecified atom stereocenters. The van der Waals surface area contributed by atoms with Gasteiger partial charge >= 0.3 is 0 Å². The van der Waals surface area contributed by atoms with Crippen LogP contribution in [0.4, 0.5) is 0 Å². The van der Waals surface area contributed by atoms with E-state index in [4.69, 9.17) is 0 Å². The number of aromatic amines is 1. The van der Waals surface area contributed by atoms with Crippen molar-refractivity contribution in [3.63, 3.8) is 0 Å². The van der Waals surface area contributed by atoms with Crippen LogP contribution >= 0.6 is 0 Å². The summed E-state index contributed by atoms with van der Waals surface area (Å²) in [6, 6.07) is 7.84.